The molecule has 0 aromatic rings. The molecule has 7 nitrogen and oxygen atoms in total. The summed E-state index contributed by atoms with van der Waals surface area (Å²) in [6, 6.07) is -0.733. The van der Waals surface area contributed by atoms with E-state index in [1.54, 1.807) is 20.8 Å². The summed E-state index contributed by atoms with van der Waals surface area (Å²) >= 11 is 0. The molecule has 0 radical (unpaired) electrons. The molecule has 1 saturated heterocycles. The summed E-state index contributed by atoms with van der Waals surface area (Å²) in [7, 11) is 0. The molecule has 1 fully saturated rings. The van der Waals surface area contributed by atoms with Gasteiger partial charge in [-0.25, -0.2) is 10.6 Å². The van der Waals surface area contributed by atoms with Crippen LogP contribution in [0.15, 0.2) is 0 Å². The predicted octanol–water partition coefficient (Wildman–Crippen LogP) is -0.388. The molecule has 0 aromatic heterocycles. The molecule has 0 aliphatic carbocycles. The van der Waals surface area contributed by atoms with Gasteiger partial charge in [0.1, 0.15) is 11.6 Å². The lowest BCUT2D eigenvalue weighted by atomic mass is 10.2. The van der Waals surface area contributed by atoms with E-state index >= 15 is 0 Å². The third kappa shape index (κ3) is 3.86. The van der Waals surface area contributed by atoms with Crippen LogP contribution in [0.4, 0.5) is 4.79 Å². The Bertz CT molecular complexity index is 300. The maximum absolute atomic E-state index is 11.9. The first-order valence-electron chi connectivity index (χ1n) is 5.43. The second-order valence-electron chi connectivity index (χ2n) is 4.77. The van der Waals surface area contributed by atoms with Gasteiger partial charge in [0.2, 0.25) is 0 Å². The van der Waals surface area contributed by atoms with Gasteiger partial charge in [-0.1, -0.05) is 0 Å². The molecule has 0 unspecified atom stereocenters. The zero-order valence-corrected chi connectivity index (χ0v) is 10.4. The molecule has 0 aromatic carbocycles. The number of amides is 2. The lowest BCUT2D eigenvalue weighted by Gasteiger charge is -2.35. The van der Waals surface area contributed by atoms with E-state index in [9.17, 15) is 9.59 Å². The summed E-state index contributed by atoms with van der Waals surface area (Å²) in [4.78, 5) is 24.7. The molecule has 0 saturated carbocycles. The van der Waals surface area contributed by atoms with Crippen LogP contribution >= 0.6 is 0 Å². The highest BCUT2D eigenvalue weighted by molar-refractivity contribution is 5.85. The number of carbonyl (C=O) groups excluding carboxylic acids is 2. The van der Waals surface area contributed by atoms with Crippen LogP contribution in [-0.4, -0.2) is 48.3 Å². The number of hydrogen-bond donors (Lipinski definition) is 2. The van der Waals surface area contributed by atoms with Gasteiger partial charge in [0.05, 0.1) is 13.2 Å². The van der Waals surface area contributed by atoms with Crippen LogP contribution in [0.25, 0.3) is 0 Å². The van der Waals surface area contributed by atoms with Gasteiger partial charge in [-0.3, -0.25) is 15.1 Å². The maximum atomic E-state index is 11.9. The average Bonchev–Trinajstić information content (AvgIpc) is 2.25. The normalized spacial score (nSPS) is 20.9. The highest BCUT2D eigenvalue weighted by Crippen LogP contribution is 2.14. The molecule has 17 heavy (non-hydrogen) atoms. The number of nitrogens with one attached hydrogen (secondary N) is 1. The molecule has 1 heterocycles. The van der Waals surface area contributed by atoms with Crippen molar-refractivity contribution in [3.8, 4) is 0 Å². The van der Waals surface area contributed by atoms with Crippen molar-refractivity contribution in [3.63, 3.8) is 0 Å². The van der Waals surface area contributed by atoms with Crippen LogP contribution in [-0.2, 0) is 14.3 Å². The Morgan fingerprint density at radius 1 is 1.47 bits per heavy atom. The van der Waals surface area contributed by atoms with E-state index in [1.807, 2.05) is 5.43 Å². The number of morpholine rings is 1. The van der Waals surface area contributed by atoms with Gasteiger partial charge >= 0.3 is 6.09 Å². The third-order valence-corrected chi connectivity index (χ3v) is 2.20. The van der Waals surface area contributed by atoms with Crippen LogP contribution in [0.1, 0.15) is 20.8 Å². The van der Waals surface area contributed by atoms with Crippen molar-refractivity contribution in [3.05, 3.63) is 0 Å². The highest BCUT2D eigenvalue weighted by atomic mass is 16.6. The number of nitrogens with two attached hydrogens (primary N) is 1. The van der Waals surface area contributed by atoms with E-state index < -0.39 is 23.6 Å². The summed E-state index contributed by atoms with van der Waals surface area (Å²) in [5, 5.41) is 0. The Morgan fingerprint density at radius 2 is 2.12 bits per heavy atom. The smallest absolute Gasteiger partial charge is 0.411 e. The molecule has 3 N–H and O–H groups in total. The second kappa shape index (κ2) is 5.33. The summed E-state index contributed by atoms with van der Waals surface area (Å²) in [6.07, 6.45) is -0.533. The SMILES string of the molecule is CC(C)(C)OC(=O)N1CCOC[C@H]1C(=O)NN. The van der Waals surface area contributed by atoms with E-state index in [0.29, 0.717) is 13.2 Å². The number of rotatable bonds is 1. The Hall–Kier alpha value is -1.34. The number of carbonyl (C=O) groups is 2. The minimum Gasteiger partial charge on any atom is -0.444 e. The van der Waals surface area contributed by atoms with Gasteiger partial charge in [0.15, 0.2) is 0 Å². The molecule has 2 amide bonds. The Morgan fingerprint density at radius 3 is 2.65 bits per heavy atom. The van der Waals surface area contributed by atoms with Crippen molar-refractivity contribution in [2.45, 2.75) is 32.4 Å². The minimum atomic E-state index is -0.733. The minimum absolute atomic E-state index is 0.127. The van der Waals surface area contributed by atoms with E-state index in [4.69, 9.17) is 15.3 Å². The Balaban J connectivity index is 2.71. The molecular weight excluding hydrogens is 226 g/mol. The zero-order valence-electron chi connectivity index (χ0n) is 10.4. The van der Waals surface area contributed by atoms with Crippen LogP contribution in [0.3, 0.4) is 0 Å². The standard InChI is InChI=1S/C10H19N3O4/c1-10(2,3)17-9(15)13-4-5-16-6-7(13)8(14)12-11/h7H,4-6,11H2,1-3H3,(H,12,14)/t7-/m0/s1. The Kier molecular flexibility index (Phi) is 4.30. The molecule has 1 atom stereocenters. The molecular formula is C10H19N3O4. The maximum Gasteiger partial charge on any atom is 0.411 e. The topological polar surface area (TPSA) is 93.9 Å². The van der Waals surface area contributed by atoms with Gasteiger partial charge in [-0.05, 0) is 20.8 Å². The van der Waals surface area contributed by atoms with Crippen LogP contribution in [0, 0.1) is 0 Å². The van der Waals surface area contributed by atoms with E-state index in [1.165, 1.54) is 4.90 Å². The molecule has 1 aliphatic heterocycles. The first kappa shape index (κ1) is 13.7. The molecule has 1 aliphatic rings. The fourth-order valence-corrected chi connectivity index (χ4v) is 1.46. The highest BCUT2D eigenvalue weighted by Gasteiger charge is 2.35. The first-order chi connectivity index (χ1) is 7.85. The van der Waals surface area contributed by atoms with Gasteiger partial charge < -0.3 is 9.47 Å². The van der Waals surface area contributed by atoms with Crippen LogP contribution in [0.2, 0.25) is 0 Å². The van der Waals surface area contributed by atoms with Gasteiger partial charge in [-0.15, -0.1) is 0 Å². The van der Waals surface area contributed by atoms with Crippen molar-refractivity contribution in [2.24, 2.45) is 5.84 Å². The summed E-state index contributed by atoms with van der Waals surface area (Å²) in [5.41, 5.74) is 1.42. The van der Waals surface area contributed by atoms with Crippen molar-refractivity contribution < 1.29 is 19.1 Å². The summed E-state index contributed by atoms with van der Waals surface area (Å²) < 4.78 is 10.4. The van der Waals surface area contributed by atoms with Crippen molar-refractivity contribution in [1.29, 1.82) is 0 Å². The lowest BCUT2D eigenvalue weighted by molar-refractivity contribution is -0.132. The first-order valence-corrected chi connectivity index (χ1v) is 5.43. The largest absolute Gasteiger partial charge is 0.444 e. The van der Waals surface area contributed by atoms with E-state index in [2.05, 4.69) is 0 Å². The van der Waals surface area contributed by atoms with Crippen molar-refractivity contribution in [2.75, 3.05) is 19.8 Å². The van der Waals surface area contributed by atoms with Gasteiger partial charge in [0, 0.05) is 6.54 Å². The number of ether oxygens (including phenoxy) is 2. The molecule has 0 spiro atoms. The van der Waals surface area contributed by atoms with Crippen molar-refractivity contribution in [1.82, 2.24) is 10.3 Å². The van der Waals surface area contributed by atoms with Crippen molar-refractivity contribution >= 4 is 12.0 Å². The van der Waals surface area contributed by atoms with Crippen LogP contribution < -0.4 is 11.3 Å². The van der Waals surface area contributed by atoms with Gasteiger partial charge in [-0.2, -0.15) is 0 Å². The average molecular weight is 245 g/mol. The number of hydrogen-bond acceptors (Lipinski definition) is 5. The molecule has 1 rings (SSSR count). The zero-order chi connectivity index (χ0) is 13.1. The Labute approximate surface area is 100 Å². The second-order valence-corrected chi connectivity index (χ2v) is 4.77. The van der Waals surface area contributed by atoms with Gasteiger partial charge in [0.25, 0.3) is 5.91 Å². The summed E-state index contributed by atoms with van der Waals surface area (Å²) in [5.74, 6) is 4.60. The molecule has 0 bridgehead atoms. The monoisotopic (exact) mass is 245 g/mol. The van der Waals surface area contributed by atoms with E-state index in [-0.39, 0.29) is 6.61 Å². The third-order valence-electron chi connectivity index (χ3n) is 2.20. The predicted molar refractivity (Wildman–Crippen MR) is 59.9 cm³/mol. The van der Waals surface area contributed by atoms with Crippen LogP contribution in [0.5, 0.6) is 0 Å². The molecule has 98 valence electrons. The number of hydrazine groups is 1. The van der Waals surface area contributed by atoms with E-state index in [0.717, 1.165) is 0 Å². The fourth-order valence-electron chi connectivity index (χ4n) is 1.46. The lowest BCUT2D eigenvalue weighted by Crippen LogP contribution is -2.57. The molecule has 7 heteroatoms. The summed E-state index contributed by atoms with van der Waals surface area (Å²) in [6.45, 7) is 6.12. The quantitative estimate of drug-likeness (QED) is 0.373. The number of nitrogens with zero attached hydrogens (tertiary/aromatic N) is 1. The fraction of sp³-hybridized carbons (Fsp3) is 0.800.